The number of alkyl halides is 4. The lowest BCUT2D eigenvalue weighted by Gasteiger charge is -2.08. The fourth-order valence-corrected chi connectivity index (χ4v) is 1.79. The largest absolute Gasteiger partial charge is 0.506 e. The molecule has 0 aliphatic heterocycles. The van der Waals surface area contributed by atoms with E-state index in [9.17, 15) is 22.8 Å². The quantitative estimate of drug-likeness (QED) is 0.600. The van der Waals surface area contributed by atoms with Crippen LogP contribution in [-0.4, -0.2) is 41.4 Å². The van der Waals surface area contributed by atoms with Crippen molar-refractivity contribution in [3.8, 4) is 0 Å². The molecule has 0 aromatic heterocycles. The highest BCUT2D eigenvalue weighted by molar-refractivity contribution is 9.10. The van der Waals surface area contributed by atoms with E-state index in [1.165, 1.54) is 0 Å². The first-order valence-electron chi connectivity index (χ1n) is 6.42. The van der Waals surface area contributed by atoms with Gasteiger partial charge in [-0.1, -0.05) is 46.3 Å². The van der Waals surface area contributed by atoms with Gasteiger partial charge >= 0.3 is 18.3 Å². The molecule has 0 saturated heterocycles. The summed E-state index contributed by atoms with van der Waals surface area (Å²) in [4.78, 5) is 20.4. The zero-order valence-electron chi connectivity index (χ0n) is 12.2. The minimum Gasteiger partial charge on any atom is -0.465 e. The second-order valence-electron chi connectivity index (χ2n) is 4.08. The molecule has 0 bridgehead atoms. The smallest absolute Gasteiger partial charge is 0.465 e. The molecule has 1 rings (SSSR count). The number of carboxylic acid groups (broad SMARTS) is 1. The van der Waals surface area contributed by atoms with E-state index >= 15 is 0 Å². The summed E-state index contributed by atoms with van der Waals surface area (Å²) in [6.45, 7) is 0.484. The Kier molecular flexibility index (Phi) is 10.0. The van der Waals surface area contributed by atoms with Gasteiger partial charge in [-0.2, -0.15) is 13.2 Å². The number of rotatable bonds is 5. The molecule has 1 aromatic carbocycles. The fraction of sp³-hybridized carbons (Fsp3) is 0.429. The van der Waals surface area contributed by atoms with Gasteiger partial charge in [0, 0.05) is 0 Å². The predicted molar refractivity (Wildman–Crippen MR) is 79.5 cm³/mol. The van der Waals surface area contributed by atoms with Crippen molar-refractivity contribution >= 4 is 28.1 Å². The first kappa shape index (κ1) is 21.2. The monoisotopic (exact) mass is 400 g/mol. The predicted octanol–water partition coefficient (Wildman–Crippen LogP) is 3.80. The normalized spacial score (nSPS) is 11.7. The summed E-state index contributed by atoms with van der Waals surface area (Å²) in [5, 5.41) is 7.55. The first-order chi connectivity index (χ1) is 10.7. The summed E-state index contributed by atoms with van der Waals surface area (Å²) in [6.07, 6.45) is -5.83. The summed E-state index contributed by atoms with van der Waals surface area (Å²) in [5.41, 5.74) is 1.13. The molecule has 1 aromatic rings. The Labute approximate surface area is 139 Å². The molecule has 0 aliphatic carbocycles. The zero-order chi connectivity index (χ0) is 17.9. The fourth-order valence-electron chi connectivity index (χ4n) is 1.28. The van der Waals surface area contributed by atoms with Crippen LogP contribution in [0.2, 0.25) is 0 Å². The van der Waals surface area contributed by atoms with Gasteiger partial charge in [-0.25, -0.2) is 4.79 Å². The zero-order valence-corrected chi connectivity index (χ0v) is 13.8. The third-order valence-corrected chi connectivity index (χ3v) is 2.86. The van der Waals surface area contributed by atoms with Gasteiger partial charge in [0.2, 0.25) is 0 Å². The van der Waals surface area contributed by atoms with E-state index in [2.05, 4.69) is 20.7 Å². The van der Waals surface area contributed by atoms with Crippen molar-refractivity contribution in [3.63, 3.8) is 0 Å². The molecule has 1 N–H and O–H groups in total. The number of ether oxygens (including phenoxy) is 2. The highest BCUT2D eigenvalue weighted by Gasteiger charge is 2.29. The number of carbonyl (C=O) groups is 2. The SMILES string of the molecule is CCOC(=O)C(Br)Cc1ccccc1.O=C(O)OCC(F)(F)F. The van der Waals surface area contributed by atoms with E-state index in [0.29, 0.717) is 13.0 Å². The molecule has 0 fully saturated rings. The average molecular weight is 401 g/mol. The van der Waals surface area contributed by atoms with Gasteiger partial charge in [0.05, 0.1) is 6.61 Å². The number of benzene rings is 1. The third kappa shape index (κ3) is 12.5. The Bertz CT molecular complexity index is 479. The molecule has 130 valence electrons. The van der Waals surface area contributed by atoms with Crippen LogP contribution >= 0.6 is 15.9 Å². The van der Waals surface area contributed by atoms with Gasteiger partial charge in [-0.05, 0) is 18.9 Å². The third-order valence-electron chi connectivity index (χ3n) is 2.16. The van der Waals surface area contributed by atoms with Crippen LogP contribution in [-0.2, 0) is 20.7 Å². The molecule has 0 aliphatic rings. The van der Waals surface area contributed by atoms with Crippen molar-refractivity contribution in [3.05, 3.63) is 35.9 Å². The van der Waals surface area contributed by atoms with Crippen molar-refractivity contribution in [2.75, 3.05) is 13.2 Å². The Balaban J connectivity index is 0.000000468. The number of esters is 1. The molecule has 0 radical (unpaired) electrons. The molecule has 0 amide bonds. The molecule has 0 saturated carbocycles. The molecule has 5 nitrogen and oxygen atoms in total. The van der Waals surface area contributed by atoms with Gasteiger partial charge in [-0.3, -0.25) is 4.79 Å². The summed E-state index contributed by atoms with van der Waals surface area (Å²) in [6, 6.07) is 9.86. The van der Waals surface area contributed by atoms with Crippen LogP contribution in [0.1, 0.15) is 12.5 Å². The maximum Gasteiger partial charge on any atom is 0.506 e. The van der Waals surface area contributed by atoms with E-state index in [-0.39, 0.29) is 10.8 Å². The highest BCUT2D eigenvalue weighted by Crippen LogP contribution is 2.14. The Morgan fingerprint density at radius 2 is 1.78 bits per heavy atom. The van der Waals surface area contributed by atoms with Gasteiger partial charge in [0.15, 0.2) is 6.61 Å². The molecule has 1 unspecified atom stereocenters. The van der Waals surface area contributed by atoms with Crippen LogP contribution in [0, 0.1) is 0 Å². The summed E-state index contributed by atoms with van der Waals surface area (Å²) < 4.78 is 41.2. The molecular formula is C14H16BrF3O5. The Hall–Kier alpha value is -1.77. The van der Waals surface area contributed by atoms with Crippen LogP contribution in [0.15, 0.2) is 30.3 Å². The van der Waals surface area contributed by atoms with Crippen LogP contribution < -0.4 is 0 Å². The topological polar surface area (TPSA) is 72.8 Å². The van der Waals surface area contributed by atoms with Gasteiger partial charge in [0.25, 0.3) is 0 Å². The van der Waals surface area contributed by atoms with Gasteiger partial charge in [-0.15, -0.1) is 0 Å². The summed E-state index contributed by atoms with van der Waals surface area (Å²) in [5.74, 6) is -0.198. The minimum absolute atomic E-state index is 0.198. The molecule has 9 heteroatoms. The molecule has 1 atom stereocenters. The second kappa shape index (κ2) is 10.9. The van der Waals surface area contributed by atoms with Crippen molar-refractivity contribution in [2.45, 2.75) is 24.3 Å². The van der Waals surface area contributed by atoms with E-state index in [0.717, 1.165) is 5.56 Å². The van der Waals surface area contributed by atoms with E-state index in [4.69, 9.17) is 9.84 Å². The number of hydrogen-bond donors (Lipinski definition) is 1. The molecule has 0 heterocycles. The molecule has 0 spiro atoms. The van der Waals surface area contributed by atoms with Crippen molar-refractivity contribution < 1.29 is 37.3 Å². The van der Waals surface area contributed by atoms with Crippen molar-refractivity contribution in [1.82, 2.24) is 0 Å². The number of halogens is 4. The maximum atomic E-state index is 11.3. The minimum atomic E-state index is -4.57. The Morgan fingerprint density at radius 3 is 2.17 bits per heavy atom. The standard InChI is InChI=1S/C11H13BrO2.C3H3F3O3/c1-2-14-11(13)10(12)8-9-6-4-3-5-7-9;4-3(5,6)1-9-2(7)8/h3-7,10H,2,8H2,1H3;1H2,(H,7,8). The first-order valence-corrected chi connectivity index (χ1v) is 7.34. The molecule has 23 heavy (non-hydrogen) atoms. The van der Waals surface area contributed by atoms with Crippen LogP contribution in [0.25, 0.3) is 0 Å². The van der Waals surface area contributed by atoms with Gasteiger partial charge in [0.1, 0.15) is 4.83 Å². The Morgan fingerprint density at radius 1 is 1.22 bits per heavy atom. The van der Waals surface area contributed by atoms with E-state index in [1.807, 2.05) is 30.3 Å². The second-order valence-corrected chi connectivity index (χ2v) is 5.18. The number of carbonyl (C=O) groups excluding carboxylic acids is 1. The lowest BCUT2D eigenvalue weighted by atomic mass is 10.1. The van der Waals surface area contributed by atoms with Crippen molar-refractivity contribution in [2.24, 2.45) is 0 Å². The van der Waals surface area contributed by atoms with Crippen LogP contribution in [0.3, 0.4) is 0 Å². The van der Waals surface area contributed by atoms with Crippen molar-refractivity contribution in [1.29, 1.82) is 0 Å². The summed E-state index contributed by atoms with van der Waals surface area (Å²) in [7, 11) is 0. The van der Waals surface area contributed by atoms with Gasteiger partial charge < -0.3 is 14.6 Å². The lowest BCUT2D eigenvalue weighted by molar-refractivity contribution is -0.164. The maximum absolute atomic E-state index is 11.3. The molecular weight excluding hydrogens is 385 g/mol. The van der Waals surface area contributed by atoms with Crippen LogP contribution in [0.5, 0.6) is 0 Å². The lowest BCUT2D eigenvalue weighted by Crippen LogP contribution is -2.19. The summed E-state index contributed by atoms with van der Waals surface area (Å²) >= 11 is 3.31. The number of hydrogen-bond acceptors (Lipinski definition) is 4. The average Bonchev–Trinajstić information content (AvgIpc) is 2.46. The highest BCUT2D eigenvalue weighted by atomic mass is 79.9. The van der Waals surface area contributed by atoms with Crippen LogP contribution in [0.4, 0.5) is 18.0 Å². The van der Waals surface area contributed by atoms with E-state index in [1.54, 1.807) is 6.92 Å². The van der Waals surface area contributed by atoms with E-state index < -0.39 is 18.9 Å².